The van der Waals surface area contributed by atoms with Gasteiger partial charge >= 0.3 is 5.97 Å². The Morgan fingerprint density at radius 1 is 1.33 bits per heavy atom. The van der Waals surface area contributed by atoms with Crippen molar-refractivity contribution in [2.45, 2.75) is 26.3 Å². The maximum absolute atomic E-state index is 12.1. The number of rotatable bonds is 2. The van der Waals surface area contributed by atoms with Crippen molar-refractivity contribution in [3.05, 3.63) is 41.5 Å². The predicted octanol–water partition coefficient (Wildman–Crippen LogP) is 2.00. The molecule has 0 fully saturated rings. The number of hydrogen-bond acceptors (Lipinski definition) is 2. The summed E-state index contributed by atoms with van der Waals surface area (Å²) >= 11 is 0. The van der Waals surface area contributed by atoms with Gasteiger partial charge in [-0.25, -0.2) is 4.79 Å². The first-order valence-corrected chi connectivity index (χ1v) is 5.79. The second-order valence-corrected chi connectivity index (χ2v) is 4.62. The second kappa shape index (κ2) is 4.64. The second-order valence-electron chi connectivity index (χ2n) is 4.62. The van der Waals surface area contributed by atoms with Gasteiger partial charge in [-0.05, 0) is 25.5 Å². The van der Waals surface area contributed by atoms with E-state index < -0.39 is 12.0 Å². The number of amides is 1. The van der Waals surface area contributed by atoms with Gasteiger partial charge in [0, 0.05) is 18.2 Å². The van der Waals surface area contributed by atoms with Gasteiger partial charge < -0.3 is 5.11 Å². The fraction of sp³-hybridized carbons (Fsp3) is 0.286. The van der Waals surface area contributed by atoms with E-state index in [2.05, 4.69) is 0 Å². The molecule has 4 nitrogen and oxygen atoms in total. The van der Waals surface area contributed by atoms with Gasteiger partial charge in [0.2, 0.25) is 0 Å². The van der Waals surface area contributed by atoms with Crippen LogP contribution in [0, 0.1) is 0 Å². The van der Waals surface area contributed by atoms with Crippen LogP contribution in [0.2, 0.25) is 0 Å². The van der Waals surface area contributed by atoms with Crippen LogP contribution in [0.4, 0.5) is 5.69 Å². The van der Waals surface area contributed by atoms with Crippen molar-refractivity contribution in [3.63, 3.8) is 0 Å². The molecule has 0 saturated heterocycles. The molecule has 1 unspecified atom stereocenters. The Bertz CT molecular complexity index is 530. The Balaban J connectivity index is 2.43. The normalized spacial score (nSPS) is 17.2. The first-order chi connectivity index (χ1) is 8.50. The third-order valence-electron chi connectivity index (χ3n) is 2.91. The summed E-state index contributed by atoms with van der Waals surface area (Å²) in [6.45, 7) is 3.63. The number of carboxylic acids is 1. The van der Waals surface area contributed by atoms with E-state index in [1.54, 1.807) is 6.07 Å². The Hall–Kier alpha value is -2.10. The van der Waals surface area contributed by atoms with Crippen LogP contribution in [0.3, 0.4) is 0 Å². The predicted molar refractivity (Wildman–Crippen MR) is 68.5 cm³/mol. The molecule has 0 bridgehead atoms. The van der Waals surface area contributed by atoms with E-state index in [0.717, 1.165) is 11.1 Å². The van der Waals surface area contributed by atoms with E-state index in [1.165, 1.54) is 11.0 Å². The van der Waals surface area contributed by atoms with Gasteiger partial charge in [0.1, 0.15) is 6.04 Å². The number of carbonyl (C=O) groups is 2. The highest BCUT2D eigenvalue weighted by atomic mass is 16.4. The number of anilines is 1. The molecule has 1 N–H and O–H groups in total. The van der Waals surface area contributed by atoms with E-state index in [9.17, 15) is 14.7 Å². The van der Waals surface area contributed by atoms with E-state index in [0.29, 0.717) is 12.1 Å². The summed E-state index contributed by atoms with van der Waals surface area (Å²) in [4.78, 5) is 24.7. The summed E-state index contributed by atoms with van der Waals surface area (Å²) in [5, 5.41) is 9.22. The Morgan fingerprint density at radius 3 is 2.61 bits per heavy atom. The molecule has 0 spiro atoms. The molecule has 94 valence electrons. The van der Waals surface area contributed by atoms with Crippen LogP contribution in [-0.2, 0) is 16.0 Å². The number of carbonyl (C=O) groups excluding carboxylic acids is 1. The number of fused-ring (bicyclic) bond motifs is 1. The highest BCUT2D eigenvalue weighted by Crippen LogP contribution is 2.32. The van der Waals surface area contributed by atoms with Crippen LogP contribution < -0.4 is 4.90 Å². The van der Waals surface area contributed by atoms with Crippen LogP contribution in [-0.4, -0.2) is 23.0 Å². The summed E-state index contributed by atoms with van der Waals surface area (Å²) in [6.07, 6.45) is 1.84. The number of hydrogen-bond donors (Lipinski definition) is 1. The molecule has 1 amide bonds. The summed E-state index contributed by atoms with van der Waals surface area (Å²) in [6, 6.07) is 6.51. The Morgan fingerprint density at radius 2 is 2.00 bits per heavy atom. The first kappa shape index (κ1) is 12.4. The molecule has 1 atom stereocenters. The number of carboxylic acid groups (broad SMARTS) is 1. The maximum Gasteiger partial charge on any atom is 0.327 e. The van der Waals surface area contributed by atoms with Gasteiger partial charge in [-0.2, -0.15) is 0 Å². The lowest BCUT2D eigenvalue weighted by atomic mass is 10.1. The van der Waals surface area contributed by atoms with E-state index in [4.69, 9.17) is 0 Å². The SMILES string of the molecule is CC(C)=CC(=O)N1c2ccccc2CC1C(=O)O. The maximum atomic E-state index is 12.1. The summed E-state index contributed by atoms with van der Waals surface area (Å²) in [7, 11) is 0. The monoisotopic (exact) mass is 245 g/mol. The minimum absolute atomic E-state index is 0.271. The number of allylic oxidation sites excluding steroid dienone is 1. The molecule has 1 aromatic carbocycles. The molecule has 0 saturated carbocycles. The number of nitrogens with zero attached hydrogens (tertiary/aromatic N) is 1. The summed E-state index contributed by atoms with van der Waals surface area (Å²) < 4.78 is 0. The summed E-state index contributed by atoms with van der Waals surface area (Å²) in [5.41, 5.74) is 2.46. The van der Waals surface area contributed by atoms with Gasteiger partial charge in [-0.15, -0.1) is 0 Å². The molecular weight excluding hydrogens is 230 g/mol. The molecule has 0 radical (unpaired) electrons. The fourth-order valence-electron chi connectivity index (χ4n) is 2.17. The lowest BCUT2D eigenvalue weighted by molar-refractivity contribution is -0.139. The molecular formula is C14H15NO3. The van der Waals surface area contributed by atoms with Crippen molar-refractivity contribution in [3.8, 4) is 0 Å². The molecule has 0 aliphatic carbocycles. The Labute approximate surface area is 106 Å². The molecule has 1 aliphatic rings. The quantitative estimate of drug-likeness (QED) is 0.811. The van der Waals surface area contributed by atoms with Crippen LogP contribution >= 0.6 is 0 Å². The summed E-state index contributed by atoms with van der Waals surface area (Å²) in [5.74, 6) is -1.24. The molecule has 1 aliphatic heterocycles. The van der Waals surface area contributed by atoms with Gasteiger partial charge in [0.05, 0.1) is 0 Å². The highest BCUT2D eigenvalue weighted by molar-refractivity contribution is 6.07. The average Bonchev–Trinajstić information content (AvgIpc) is 2.67. The largest absolute Gasteiger partial charge is 0.480 e. The fourth-order valence-corrected chi connectivity index (χ4v) is 2.17. The average molecular weight is 245 g/mol. The van der Waals surface area contributed by atoms with Crippen LogP contribution in [0.25, 0.3) is 0 Å². The molecule has 4 heteroatoms. The minimum atomic E-state index is -0.971. The van der Waals surface area contributed by atoms with Gasteiger partial charge in [-0.1, -0.05) is 23.8 Å². The number of para-hydroxylation sites is 1. The van der Waals surface area contributed by atoms with E-state index >= 15 is 0 Å². The van der Waals surface area contributed by atoms with Crippen molar-refractivity contribution >= 4 is 17.6 Å². The van der Waals surface area contributed by atoms with Crippen LogP contribution in [0.5, 0.6) is 0 Å². The Kier molecular flexibility index (Phi) is 3.19. The molecule has 2 rings (SSSR count). The standard InChI is InChI=1S/C14H15NO3/c1-9(2)7-13(16)15-11-6-4-3-5-10(11)8-12(15)14(17)18/h3-7,12H,8H2,1-2H3,(H,17,18). The zero-order valence-corrected chi connectivity index (χ0v) is 10.4. The van der Waals surface area contributed by atoms with Crippen LogP contribution in [0.1, 0.15) is 19.4 Å². The van der Waals surface area contributed by atoms with Gasteiger partial charge in [0.15, 0.2) is 0 Å². The van der Waals surface area contributed by atoms with E-state index in [-0.39, 0.29) is 5.91 Å². The first-order valence-electron chi connectivity index (χ1n) is 5.79. The smallest absolute Gasteiger partial charge is 0.327 e. The topological polar surface area (TPSA) is 57.6 Å². The number of benzene rings is 1. The highest BCUT2D eigenvalue weighted by Gasteiger charge is 2.37. The van der Waals surface area contributed by atoms with Crippen molar-refractivity contribution in [1.29, 1.82) is 0 Å². The molecule has 1 aromatic rings. The van der Waals surface area contributed by atoms with E-state index in [1.807, 2.05) is 32.0 Å². The third kappa shape index (κ3) is 2.14. The number of aliphatic carboxylic acids is 1. The van der Waals surface area contributed by atoms with Crippen molar-refractivity contribution < 1.29 is 14.7 Å². The molecule has 1 heterocycles. The lowest BCUT2D eigenvalue weighted by Gasteiger charge is -2.21. The van der Waals surface area contributed by atoms with Crippen molar-refractivity contribution in [2.75, 3.05) is 4.90 Å². The zero-order chi connectivity index (χ0) is 13.3. The van der Waals surface area contributed by atoms with Crippen molar-refractivity contribution in [1.82, 2.24) is 0 Å². The zero-order valence-electron chi connectivity index (χ0n) is 10.4. The lowest BCUT2D eigenvalue weighted by Crippen LogP contribution is -2.42. The molecule has 18 heavy (non-hydrogen) atoms. The van der Waals surface area contributed by atoms with Crippen molar-refractivity contribution in [2.24, 2.45) is 0 Å². The van der Waals surface area contributed by atoms with Crippen LogP contribution in [0.15, 0.2) is 35.9 Å². The van der Waals surface area contributed by atoms with Gasteiger partial charge in [0.25, 0.3) is 5.91 Å². The van der Waals surface area contributed by atoms with Gasteiger partial charge in [-0.3, -0.25) is 9.69 Å². The molecule has 0 aromatic heterocycles. The minimum Gasteiger partial charge on any atom is -0.480 e. The third-order valence-corrected chi connectivity index (χ3v) is 2.91.